The molecule has 0 saturated carbocycles. The molecule has 0 bridgehead atoms. The number of benzene rings is 1. The van der Waals surface area contributed by atoms with Crippen molar-refractivity contribution in [2.45, 2.75) is 12.8 Å². The molecule has 1 aliphatic heterocycles. The maximum atomic E-state index is 6.11. The fraction of sp³-hybridized carbons (Fsp3) is 0.308. The molecule has 1 aromatic heterocycles. The van der Waals surface area contributed by atoms with Gasteiger partial charge in [-0.25, -0.2) is 4.98 Å². The van der Waals surface area contributed by atoms with Crippen LogP contribution in [0.25, 0.3) is 10.8 Å². The van der Waals surface area contributed by atoms with Gasteiger partial charge < -0.3 is 10.6 Å². The number of halogens is 1. The Labute approximate surface area is 109 Å². The van der Waals surface area contributed by atoms with Gasteiger partial charge in [-0.15, -0.1) is 0 Å². The highest BCUT2D eigenvalue weighted by Gasteiger charge is 2.17. The summed E-state index contributed by atoms with van der Waals surface area (Å²) in [7, 11) is 0. The maximum Gasteiger partial charge on any atom is 0.138 e. The summed E-state index contributed by atoms with van der Waals surface area (Å²) in [6.45, 7) is 2.16. The van der Waals surface area contributed by atoms with Crippen molar-refractivity contribution in [3.05, 3.63) is 28.9 Å². The summed E-state index contributed by atoms with van der Waals surface area (Å²) in [5, 5.41) is 2.21. The van der Waals surface area contributed by atoms with Crippen molar-refractivity contribution in [3.8, 4) is 0 Å². The number of nitrogens with zero attached hydrogens (tertiary/aromatic N) is 2. The summed E-state index contributed by atoms with van der Waals surface area (Å²) in [4.78, 5) is 6.84. The van der Waals surface area contributed by atoms with Crippen molar-refractivity contribution in [1.29, 1.82) is 0 Å². The fourth-order valence-corrected chi connectivity index (χ4v) is 2.90. The number of pyridine rings is 1. The van der Waals surface area contributed by atoms with Crippen LogP contribution in [0.4, 0.5) is 11.5 Å². The molecular weight excluding hydrogens is 278 g/mol. The summed E-state index contributed by atoms with van der Waals surface area (Å²) >= 11 is 3.57. The van der Waals surface area contributed by atoms with Gasteiger partial charge in [-0.2, -0.15) is 0 Å². The third-order valence-corrected chi connectivity index (χ3v) is 3.98. The van der Waals surface area contributed by atoms with E-state index in [1.54, 1.807) is 0 Å². The minimum atomic E-state index is 0.804. The van der Waals surface area contributed by atoms with E-state index in [0.717, 1.165) is 39.8 Å². The predicted molar refractivity (Wildman–Crippen MR) is 75.3 cm³/mol. The van der Waals surface area contributed by atoms with Crippen molar-refractivity contribution >= 4 is 38.2 Å². The van der Waals surface area contributed by atoms with Crippen molar-refractivity contribution in [1.82, 2.24) is 4.98 Å². The first-order valence-corrected chi connectivity index (χ1v) is 6.64. The molecule has 0 unspecified atom stereocenters. The van der Waals surface area contributed by atoms with Gasteiger partial charge in [0.1, 0.15) is 5.82 Å². The molecule has 2 N–H and O–H groups in total. The normalized spacial score (nSPS) is 15.7. The molecule has 17 heavy (non-hydrogen) atoms. The van der Waals surface area contributed by atoms with E-state index in [0.29, 0.717) is 0 Å². The van der Waals surface area contributed by atoms with Gasteiger partial charge in [0.25, 0.3) is 0 Å². The standard InChI is InChI=1S/C13H14BrN3/c14-10-3-4-11(15)12-9(10)5-6-16-13(12)17-7-1-2-8-17/h3-6H,1-2,7-8,15H2. The van der Waals surface area contributed by atoms with E-state index in [4.69, 9.17) is 5.73 Å². The Morgan fingerprint density at radius 1 is 1.18 bits per heavy atom. The van der Waals surface area contributed by atoms with E-state index in [1.165, 1.54) is 12.8 Å². The highest BCUT2D eigenvalue weighted by molar-refractivity contribution is 9.10. The second-order valence-corrected chi connectivity index (χ2v) is 5.24. The van der Waals surface area contributed by atoms with Crippen molar-refractivity contribution < 1.29 is 0 Å². The molecule has 0 aliphatic carbocycles. The van der Waals surface area contributed by atoms with Gasteiger partial charge >= 0.3 is 0 Å². The number of aromatic nitrogens is 1. The molecule has 1 fully saturated rings. The van der Waals surface area contributed by atoms with Crippen molar-refractivity contribution in [2.75, 3.05) is 23.7 Å². The Bertz CT molecular complexity index is 562. The molecule has 3 rings (SSSR count). The van der Waals surface area contributed by atoms with Crippen LogP contribution in [0, 0.1) is 0 Å². The molecule has 4 heteroatoms. The monoisotopic (exact) mass is 291 g/mol. The second-order valence-electron chi connectivity index (χ2n) is 4.39. The topological polar surface area (TPSA) is 42.1 Å². The van der Waals surface area contributed by atoms with Crippen LogP contribution in [-0.2, 0) is 0 Å². The molecule has 88 valence electrons. The summed E-state index contributed by atoms with van der Waals surface area (Å²) in [6, 6.07) is 5.94. The van der Waals surface area contributed by atoms with E-state index < -0.39 is 0 Å². The molecule has 1 saturated heterocycles. The molecule has 0 atom stereocenters. The summed E-state index contributed by atoms with van der Waals surface area (Å²) in [5.74, 6) is 1.03. The molecule has 0 amide bonds. The lowest BCUT2D eigenvalue weighted by molar-refractivity contribution is 0.946. The first-order valence-electron chi connectivity index (χ1n) is 5.85. The van der Waals surface area contributed by atoms with E-state index in [-0.39, 0.29) is 0 Å². The van der Waals surface area contributed by atoms with Crippen LogP contribution in [0.3, 0.4) is 0 Å². The highest BCUT2D eigenvalue weighted by Crippen LogP contribution is 2.35. The fourth-order valence-electron chi connectivity index (χ4n) is 2.44. The van der Waals surface area contributed by atoms with E-state index in [1.807, 2.05) is 24.4 Å². The number of rotatable bonds is 1. The number of nitrogens with two attached hydrogens (primary N) is 1. The lowest BCUT2D eigenvalue weighted by atomic mass is 10.1. The molecule has 2 heterocycles. The number of anilines is 2. The lowest BCUT2D eigenvalue weighted by Gasteiger charge is -2.19. The number of hydrogen-bond acceptors (Lipinski definition) is 3. The van der Waals surface area contributed by atoms with Crippen LogP contribution in [0.1, 0.15) is 12.8 Å². The maximum absolute atomic E-state index is 6.11. The summed E-state index contributed by atoms with van der Waals surface area (Å²) < 4.78 is 1.07. The predicted octanol–water partition coefficient (Wildman–Crippen LogP) is 3.18. The zero-order valence-electron chi connectivity index (χ0n) is 9.49. The molecule has 3 nitrogen and oxygen atoms in total. The minimum Gasteiger partial charge on any atom is -0.398 e. The Balaban J connectivity index is 2.27. The third-order valence-electron chi connectivity index (χ3n) is 3.29. The van der Waals surface area contributed by atoms with Gasteiger partial charge in [0.2, 0.25) is 0 Å². The smallest absolute Gasteiger partial charge is 0.138 e. The van der Waals surface area contributed by atoms with Crippen molar-refractivity contribution in [2.24, 2.45) is 0 Å². The van der Waals surface area contributed by atoms with E-state index in [2.05, 4.69) is 25.8 Å². The second kappa shape index (κ2) is 4.18. The average molecular weight is 292 g/mol. The van der Waals surface area contributed by atoms with E-state index >= 15 is 0 Å². The van der Waals surface area contributed by atoms with Crippen LogP contribution in [0.2, 0.25) is 0 Å². The molecule has 1 aromatic carbocycles. The zero-order chi connectivity index (χ0) is 11.8. The van der Waals surface area contributed by atoms with Crippen LogP contribution < -0.4 is 10.6 Å². The quantitative estimate of drug-likeness (QED) is 0.821. The van der Waals surface area contributed by atoms with Gasteiger partial charge in [-0.3, -0.25) is 0 Å². The first-order chi connectivity index (χ1) is 8.27. The van der Waals surface area contributed by atoms with Gasteiger partial charge in [0.15, 0.2) is 0 Å². The molecule has 1 aliphatic rings. The van der Waals surface area contributed by atoms with Gasteiger partial charge in [0.05, 0.1) is 0 Å². The molecule has 0 spiro atoms. The van der Waals surface area contributed by atoms with Crippen LogP contribution in [0.5, 0.6) is 0 Å². The number of fused-ring (bicyclic) bond motifs is 1. The van der Waals surface area contributed by atoms with Crippen molar-refractivity contribution in [3.63, 3.8) is 0 Å². The van der Waals surface area contributed by atoms with Crippen LogP contribution >= 0.6 is 15.9 Å². The largest absolute Gasteiger partial charge is 0.398 e. The Morgan fingerprint density at radius 3 is 2.71 bits per heavy atom. The third kappa shape index (κ3) is 1.76. The van der Waals surface area contributed by atoms with Gasteiger partial charge in [-0.1, -0.05) is 15.9 Å². The highest BCUT2D eigenvalue weighted by atomic mass is 79.9. The molecular formula is C13H14BrN3. The number of hydrogen-bond donors (Lipinski definition) is 1. The first kappa shape index (κ1) is 10.8. The Morgan fingerprint density at radius 2 is 1.94 bits per heavy atom. The summed E-state index contributed by atoms with van der Waals surface area (Å²) in [5.41, 5.74) is 6.91. The Hall–Kier alpha value is -1.29. The average Bonchev–Trinajstić information content (AvgIpc) is 2.87. The van der Waals surface area contributed by atoms with Crippen LogP contribution in [0.15, 0.2) is 28.9 Å². The van der Waals surface area contributed by atoms with E-state index in [9.17, 15) is 0 Å². The van der Waals surface area contributed by atoms with Gasteiger partial charge in [-0.05, 0) is 31.0 Å². The van der Waals surface area contributed by atoms with Gasteiger partial charge in [0, 0.05) is 40.2 Å². The zero-order valence-corrected chi connectivity index (χ0v) is 11.1. The molecule has 0 radical (unpaired) electrons. The summed E-state index contributed by atoms with van der Waals surface area (Å²) in [6.07, 6.45) is 4.35. The molecule has 2 aromatic rings. The minimum absolute atomic E-state index is 0.804. The number of nitrogen functional groups attached to an aromatic ring is 1. The SMILES string of the molecule is Nc1ccc(Br)c2ccnc(N3CCCC3)c12. The lowest BCUT2D eigenvalue weighted by Crippen LogP contribution is -2.19. The van der Waals surface area contributed by atoms with Crippen LogP contribution in [-0.4, -0.2) is 18.1 Å². The Kier molecular flexibility index (Phi) is 2.67.